The number of likely N-dealkylation sites (tertiary alicyclic amines) is 1. The number of ether oxygens (including phenoxy) is 1. The lowest BCUT2D eigenvalue weighted by Crippen LogP contribution is -2.40. The van der Waals surface area contributed by atoms with Crippen LogP contribution in [0.15, 0.2) is 0 Å². The van der Waals surface area contributed by atoms with E-state index in [1.807, 2.05) is 0 Å². The van der Waals surface area contributed by atoms with Gasteiger partial charge in [0.05, 0.1) is 6.61 Å². The fourth-order valence-corrected chi connectivity index (χ4v) is 2.49. The van der Waals surface area contributed by atoms with E-state index in [0.717, 1.165) is 44.8 Å². The third-order valence-corrected chi connectivity index (χ3v) is 3.60. The van der Waals surface area contributed by atoms with E-state index in [-0.39, 0.29) is 0 Å². The first-order valence-corrected chi connectivity index (χ1v) is 7.76. The SMILES string of the molecule is CCCCOCCN1CCCC1CNCC(C)C. The Morgan fingerprint density at radius 3 is 2.89 bits per heavy atom. The van der Waals surface area contributed by atoms with Crippen molar-refractivity contribution in [3.63, 3.8) is 0 Å². The van der Waals surface area contributed by atoms with Crippen molar-refractivity contribution in [2.45, 2.75) is 52.5 Å². The second kappa shape index (κ2) is 9.76. The summed E-state index contributed by atoms with van der Waals surface area (Å²) >= 11 is 0. The van der Waals surface area contributed by atoms with Crippen molar-refractivity contribution in [2.24, 2.45) is 5.92 Å². The van der Waals surface area contributed by atoms with E-state index in [4.69, 9.17) is 4.74 Å². The minimum absolute atomic E-state index is 0.735. The molecule has 18 heavy (non-hydrogen) atoms. The van der Waals surface area contributed by atoms with Crippen molar-refractivity contribution in [3.8, 4) is 0 Å². The van der Waals surface area contributed by atoms with Crippen LogP contribution in [0.4, 0.5) is 0 Å². The Labute approximate surface area is 113 Å². The van der Waals surface area contributed by atoms with E-state index in [1.54, 1.807) is 0 Å². The maximum absolute atomic E-state index is 5.66. The molecule has 0 aromatic heterocycles. The molecule has 108 valence electrons. The first-order valence-electron chi connectivity index (χ1n) is 7.76. The third-order valence-electron chi connectivity index (χ3n) is 3.60. The summed E-state index contributed by atoms with van der Waals surface area (Å²) in [5.41, 5.74) is 0. The zero-order valence-corrected chi connectivity index (χ0v) is 12.6. The van der Waals surface area contributed by atoms with Crippen molar-refractivity contribution in [2.75, 3.05) is 39.4 Å². The molecule has 1 heterocycles. The first kappa shape index (κ1) is 15.9. The lowest BCUT2D eigenvalue weighted by atomic mass is 10.2. The molecule has 0 aromatic carbocycles. The molecule has 1 fully saturated rings. The molecule has 0 amide bonds. The largest absolute Gasteiger partial charge is 0.380 e. The highest BCUT2D eigenvalue weighted by Gasteiger charge is 2.23. The number of hydrogen-bond acceptors (Lipinski definition) is 3. The van der Waals surface area contributed by atoms with Gasteiger partial charge in [-0.3, -0.25) is 4.90 Å². The summed E-state index contributed by atoms with van der Waals surface area (Å²) in [5.74, 6) is 0.747. The van der Waals surface area contributed by atoms with Crippen molar-refractivity contribution < 1.29 is 4.74 Å². The third kappa shape index (κ3) is 6.72. The fraction of sp³-hybridized carbons (Fsp3) is 1.00. The minimum Gasteiger partial charge on any atom is -0.380 e. The Bertz CT molecular complexity index is 197. The predicted molar refractivity (Wildman–Crippen MR) is 78.0 cm³/mol. The summed E-state index contributed by atoms with van der Waals surface area (Å²) in [4.78, 5) is 2.60. The molecule has 1 saturated heterocycles. The number of nitrogens with one attached hydrogen (secondary N) is 1. The van der Waals surface area contributed by atoms with Gasteiger partial charge >= 0.3 is 0 Å². The number of unbranched alkanes of at least 4 members (excludes halogenated alkanes) is 1. The molecule has 1 N–H and O–H groups in total. The lowest BCUT2D eigenvalue weighted by molar-refractivity contribution is 0.0970. The molecule has 3 heteroatoms. The van der Waals surface area contributed by atoms with Crippen LogP contribution in [0.2, 0.25) is 0 Å². The Morgan fingerprint density at radius 2 is 2.17 bits per heavy atom. The van der Waals surface area contributed by atoms with Crippen LogP contribution in [-0.4, -0.2) is 50.3 Å². The predicted octanol–water partition coefficient (Wildman–Crippen LogP) is 2.51. The Kier molecular flexibility index (Phi) is 8.64. The summed E-state index contributed by atoms with van der Waals surface area (Å²) in [7, 11) is 0. The van der Waals surface area contributed by atoms with Gasteiger partial charge < -0.3 is 10.1 Å². The summed E-state index contributed by atoms with van der Waals surface area (Å²) in [6.45, 7) is 13.2. The smallest absolute Gasteiger partial charge is 0.0593 e. The first-order chi connectivity index (χ1) is 8.74. The average molecular weight is 256 g/mol. The molecule has 0 bridgehead atoms. The van der Waals surface area contributed by atoms with Gasteiger partial charge in [0.2, 0.25) is 0 Å². The van der Waals surface area contributed by atoms with Crippen LogP contribution >= 0.6 is 0 Å². The van der Waals surface area contributed by atoms with Crippen LogP contribution in [0.1, 0.15) is 46.5 Å². The highest BCUT2D eigenvalue weighted by atomic mass is 16.5. The van der Waals surface area contributed by atoms with E-state index >= 15 is 0 Å². The van der Waals surface area contributed by atoms with Gasteiger partial charge in [-0.1, -0.05) is 27.2 Å². The monoisotopic (exact) mass is 256 g/mol. The van der Waals surface area contributed by atoms with Gasteiger partial charge in [0, 0.05) is 25.7 Å². The van der Waals surface area contributed by atoms with Crippen molar-refractivity contribution >= 4 is 0 Å². The van der Waals surface area contributed by atoms with Crippen molar-refractivity contribution in [1.82, 2.24) is 10.2 Å². The van der Waals surface area contributed by atoms with E-state index in [0.29, 0.717) is 0 Å². The van der Waals surface area contributed by atoms with E-state index in [1.165, 1.54) is 32.2 Å². The highest BCUT2D eigenvalue weighted by Crippen LogP contribution is 2.15. The normalized spacial score (nSPS) is 21.0. The second-order valence-electron chi connectivity index (χ2n) is 5.85. The Balaban J connectivity index is 2.07. The van der Waals surface area contributed by atoms with Crippen molar-refractivity contribution in [3.05, 3.63) is 0 Å². The Hall–Kier alpha value is -0.120. The molecule has 1 unspecified atom stereocenters. The van der Waals surface area contributed by atoms with Gasteiger partial charge in [-0.25, -0.2) is 0 Å². The Morgan fingerprint density at radius 1 is 1.33 bits per heavy atom. The molecular weight excluding hydrogens is 224 g/mol. The average Bonchev–Trinajstić information content (AvgIpc) is 2.76. The lowest BCUT2D eigenvalue weighted by Gasteiger charge is -2.25. The van der Waals surface area contributed by atoms with Gasteiger partial charge in [-0.15, -0.1) is 0 Å². The quantitative estimate of drug-likeness (QED) is 0.608. The summed E-state index contributed by atoms with van der Waals surface area (Å²) < 4.78 is 5.66. The van der Waals surface area contributed by atoms with Crippen molar-refractivity contribution in [1.29, 1.82) is 0 Å². The number of nitrogens with zero attached hydrogens (tertiary/aromatic N) is 1. The van der Waals surface area contributed by atoms with Crippen LogP contribution < -0.4 is 5.32 Å². The standard InChI is InChI=1S/C15H32N2O/c1-4-5-10-18-11-9-17-8-6-7-15(17)13-16-12-14(2)3/h14-16H,4-13H2,1-3H3. The molecule has 3 nitrogen and oxygen atoms in total. The van der Waals surface area contributed by atoms with E-state index in [2.05, 4.69) is 31.0 Å². The van der Waals surface area contributed by atoms with E-state index < -0.39 is 0 Å². The summed E-state index contributed by atoms with van der Waals surface area (Å²) in [5, 5.41) is 3.58. The van der Waals surface area contributed by atoms with Gasteiger partial charge in [0.25, 0.3) is 0 Å². The van der Waals surface area contributed by atoms with Gasteiger partial charge in [0.15, 0.2) is 0 Å². The summed E-state index contributed by atoms with van der Waals surface area (Å²) in [6.07, 6.45) is 5.12. The van der Waals surface area contributed by atoms with Crippen LogP contribution in [0.25, 0.3) is 0 Å². The fourth-order valence-electron chi connectivity index (χ4n) is 2.49. The molecule has 0 spiro atoms. The molecule has 1 aliphatic heterocycles. The molecule has 0 aromatic rings. The molecular formula is C15H32N2O. The number of rotatable bonds is 10. The molecule has 0 saturated carbocycles. The highest BCUT2D eigenvalue weighted by molar-refractivity contribution is 4.80. The minimum atomic E-state index is 0.735. The maximum Gasteiger partial charge on any atom is 0.0593 e. The molecule has 1 atom stereocenters. The van der Waals surface area contributed by atoms with Crippen LogP contribution in [0.3, 0.4) is 0 Å². The van der Waals surface area contributed by atoms with Gasteiger partial charge in [-0.2, -0.15) is 0 Å². The molecule has 0 aliphatic carbocycles. The van der Waals surface area contributed by atoms with Crippen LogP contribution in [0.5, 0.6) is 0 Å². The molecule has 1 aliphatic rings. The van der Waals surface area contributed by atoms with Gasteiger partial charge in [0.1, 0.15) is 0 Å². The zero-order chi connectivity index (χ0) is 13.2. The molecule has 0 radical (unpaired) electrons. The number of hydrogen-bond donors (Lipinski definition) is 1. The molecule has 1 rings (SSSR count). The van der Waals surface area contributed by atoms with Gasteiger partial charge in [-0.05, 0) is 38.3 Å². The van der Waals surface area contributed by atoms with Crippen LogP contribution in [0, 0.1) is 5.92 Å². The maximum atomic E-state index is 5.66. The topological polar surface area (TPSA) is 24.5 Å². The van der Waals surface area contributed by atoms with Crippen LogP contribution in [-0.2, 0) is 4.74 Å². The second-order valence-corrected chi connectivity index (χ2v) is 5.85. The zero-order valence-electron chi connectivity index (χ0n) is 12.6. The summed E-state index contributed by atoms with van der Waals surface area (Å²) in [6, 6.07) is 0.735. The van der Waals surface area contributed by atoms with E-state index in [9.17, 15) is 0 Å².